The Hall–Kier alpha value is -4.04. The number of hydrogen-bond donors (Lipinski definition) is 2. The third kappa shape index (κ3) is 7.25. The summed E-state index contributed by atoms with van der Waals surface area (Å²) in [4.78, 5) is 24.5. The predicted octanol–water partition coefficient (Wildman–Crippen LogP) is 4.53. The molecule has 0 fully saturated rings. The molecule has 0 aliphatic rings. The second kappa shape index (κ2) is 12.3. The van der Waals surface area contributed by atoms with Crippen molar-refractivity contribution in [2.75, 3.05) is 25.6 Å². The lowest BCUT2D eigenvalue weighted by Crippen LogP contribution is -2.20. The molecule has 0 spiro atoms. The summed E-state index contributed by atoms with van der Waals surface area (Å²) in [5.41, 5.74) is 4.15. The van der Waals surface area contributed by atoms with Gasteiger partial charge in [-0.3, -0.25) is 9.59 Å². The van der Waals surface area contributed by atoms with Gasteiger partial charge in [-0.15, -0.1) is 0 Å². The van der Waals surface area contributed by atoms with Gasteiger partial charge in [-0.2, -0.15) is 5.10 Å². The van der Waals surface area contributed by atoms with Gasteiger partial charge >= 0.3 is 0 Å². The molecule has 0 saturated heterocycles. The SMILES string of the molecule is CCOc1ccc(C(=O)N/N=C/c2cccc(OCC(=O)Nc3ccc(Cl)cc3)c2)cc1OC. The minimum atomic E-state index is -0.399. The van der Waals surface area contributed by atoms with Crippen LogP contribution in [0.4, 0.5) is 5.69 Å². The van der Waals surface area contributed by atoms with E-state index >= 15 is 0 Å². The molecule has 0 aromatic heterocycles. The summed E-state index contributed by atoms with van der Waals surface area (Å²) >= 11 is 5.84. The Labute approximate surface area is 202 Å². The number of rotatable bonds is 10. The van der Waals surface area contributed by atoms with Crippen LogP contribution < -0.4 is 25.0 Å². The number of methoxy groups -OCH3 is 1. The van der Waals surface area contributed by atoms with E-state index in [1.807, 2.05) is 6.92 Å². The van der Waals surface area contributed by atoms with Crippen LogP contribution in [-0.2, 0) is 4.79 Å². The predicted molar refractivity (Wildman–Crippen MR) is 131 cm³/mol. The van der Waals surface area contributed by atoms with Crippen LogP contribution in [0.2, 0.25) is 5.02 Å². The minimum absolute atomic E-state index is 0.167. The van der Waals surface area contributed by atoms with E-state index in [0.29, 0.717) is 45.7 Å². The molecule has 3 aromatic carbocycles. The molecule has 2 amide bonds. The second-order valence-electron chi connectivity index (χ2n) is 6.91. The highest BCUT2D eigenvalue weighted by Crippen LogP contribution is 2.28. The molecule has 0 aliphatic carbocycles. The second-order valence-corrected chi connectivity index (χ2v) is 7.35. The molecule has 3 rings (SSSR count). The zero-order valence-electron chi connectivity index (χ0n) is 18.7. The number of amides is 2. The normalized spacial score (nSPS) is 10.6. The van der Waals surface area contributed by atoms with Crippen molar-refractivity contribution < 1.29 is 23.8 Å². The fourth-order valence-corrected chi connectivity index (χ4v) is 3.00. The summed E-state index contributed by atoms with van der Waals surface area (Å²) in [5, 5.41) is 7.30. The third-order valence-electron chi connectivity index (χ3n) is 4.46. The fourth-order valence-electron chi connectivity index (χ4n) is 2.88. The topological polar surface area (TPSA) is 98.3 Å². The minimum Gasteiger partial charge on any atom is -0.493 e. The first-order valence-electron chi connectivity index (χ1n) is 10.4. The largest absolute Gasteiger partial charge is 0.493 e. The number of carbonyl (C=O) groups is 2. The monoisotopic (exact) mass is 481 g/mol. The van der Waals surface area contributed by atoms with Crippen LogP contribution >= 0.6 is 11.6 Å². The Morgan fingerprint density at radius 2 is 1.79 bits per heavy atom. The van der Waals surface area contributed by atoms with Crippen molar-refractivity contribution in [2.24, 2.45) is 5.10 Å². The van der Waals surface area contributed by atoms with Gasteiger partial charge in [0.1, 0.15) is 5.75 Å². The van der Waals surface area contributed by atoms with Crippen molar-refractivity contribution in [3.05, 3.63) is 82.9 Å². The summed E-state index contributed by atoms with van der Waals surface area (Å²) in [6.07, 6.45) is 1.48. The number of halogens is 1. The van der Waals surface area contributed by atoms with Crippen LogP contribution in [-0.4, -0.2) is 38.4 Å². The van der Waals surface area contributed by atoms with Crippen molar-refractivity contribution in [1.29, 1.82) is 0 Å². The molecule has 0 saturated carbocycles. The van der Waals surface area contributed by atoms with Gasteiger partial charge in [0.05, 0.1) is 19.9 Å². The molecule has 0 bridgehead atoms. The van der Waals surface area contributed by atoms with Gasteiger partial charge in [0, 0.05) is 16.3 Å². The van der Waals surface area contributed by atoms with Gasteiger partial charge in [0.25, 0.3) is 11.8 Å². The number of nitrogens with one attached hydrogen (secondary N) is 2. The van der Waals surface area contributed by atoms with E-state index < -0.39 is 5.91 Å². The summed E-state index contributed by atoms with van der Waals surface area (Å²) in [6, 6.07) is 18.6. The van der Waals surface area contributed by atoms with Gasteiger partial charge in [-0.25, -0.2) is 5.43 Å². The van der Waals surface area contributed by atoms with E-state index in [4.69, 9.17) is 25.8 Å². The molecule has 0 aliphatic heterocycles. The van der Waals surface area contributed by atoms with E-state index in [0.717, 1.165) is 0 Å². The van der Waals surface area contributed by atoms with Gasteiger partial charge in [0.2, 0.25) is 0 Å². The highest BCUT2D eigenvalue weighted by molar-refractivity contribution is 6.30. The van der Waals surface area contributed by atoms with E-state index in [1.165, 1.54) is 13.3 Å². The summed E-state index contributed by atoms with van der Waals surface area (Å²) in [6.45, 7) is 2.19. The first-order chi connectivity index (χ1) is 16.5. The Balaban J connectivity index is 1.53. The lowest BCUT2D eigenvalue weighted by atomic mass is 10.2. The molecule has 34 heavy (non-hydrogen) atoms. The quantitative estimate of drug-likeness (QED) is 0.327. The molecule has 2 N–H and O–H groups in total. The van der Waals surface area contributed by atoms with Gasteiger partial charge in [-0.1, -0.05) is 23.7 Å². The lowest BCUT2D eigenvalue weighted by molar-refractivity contribution is -0.118. The molecule has 3 aromatic rings. The highest BCUT2D eigenvalue weighted by Gasteiger charge is 2.10. The van der Waals surface area contributed by atoms with Gasteiger partial charge in [-0.05, 0) is 67.1 Å². The average Bonchev–Trinajstić information content (AvgIpc) is 2.85. The first kappa shape index (κ1) is 24.6. The maximum Gasteiger partial charge on any atom is 0.271 e. The first-order valence-corrected chi connectivity index (χ1v) is 10.8. The maximum absolute atomic E-state index is 12.4. The zero-order chi connectivity index (χ0) is 24.3. The zero-order valence-corrected chi connectivity index (χ0v) is 19.5. The Morgan fingerprint density at radius 1 is 1.00 bits per heavy atom. The molecule has 0 unspecified atom stereocenters. The van der Waals surface area contributed by atoms with Crippen molar-refractivity contribution in [1.82, 2.24) is 5.43 Å². The Kier molecular flexibility index (Phi) is 8.88. The Bertz CT molecular complexity index is 1170. The van der Waals surface area contributed by atoms with Crippen molar-refractivity contribution >= 4 is 35.3 Å². The molecule has 8 nitrogen and oxygen atoms in total. The summed E-state index contributed by atoms with van der Waals surface area (Å²) in [7, 11) is 1.51. The van der Waals surface area contributed by atoms with Crippen LogP contribution in [0.5, 0.6) is 17.2 Å². The molecular weight excluding hydrogens is 458 g/mol. The number of benzene rings is 3. The van der Waals surface area contributed by atoms with Crippen LogP contribution in [0.3, 0.4) is 0 Å². The van der Waals surface area contributed by atoms with Crippen molar-refractivity contribution in [3.63, 3.8) is 0 Å². The number of hydrogen-bond acceptors (Lipinski definition) is 6. The van der Waals surface area contributed by atoms with E-state index in [2.05, 4.69) is 15.8 Å². The summed E-state index contributed by atoms with van der Waals surface area (Å²) < 4.78 is 16.3. The van der Waals surface area contributed by atoms with Crippen LogP contribution in [0.1, 0.15) is 22.8 Å². The van der Waals surface area contributed by atoms with Crippen LogP contribution in [0.25, 0.3) is 0 Å². The molecule has 176 valence electrons. The van der Waals surface area contributed by atoms with Gasteiger partial charge in [0.15, 0.2) is 18.1 Å². The fraction of sp³-hybridized carbons (Fsp3) is 0.160. The number of carbonyl (C=O) groups excluding carboxylic acids is 2. The number of ether oxygens (including phenoxy) is 3. The number of nitrogens with zero attached hydrogens (tertiary/aromatic N) is 1. The average molecular weight is 482 g/mol. The molecular formula is C25H24ClN3O5. The molecule has 0 atom stereocenters. The maximum atomic E-state index is 12.4. The smallest absolute Gasteiger partial charge is 0.271 e. The van der Waals surface area contributed by atoms with E-state index in [9.17, 15) is 9.59 Å². The van der Waals surface area contributed by atoms with Crippen molar-refractivity contribution in [2.45, 2.75) is 6.92 Å². The van der Waals surface area contributed by atoms with E-state index in [-0.39, 0.29) is 12.5 Å². The van der Waals surface area contributed by atoms with Gasteiger partial charge < -0.3 is 19.5 Å². The lowest BCUT2D eigenvalue weighted by Gasteiger charge is -2.10. The van der Waals surface area contributed by atoms with Crippen LogP contribution in [0, 0.1) is 0 Å². The summed E-state index contributed by atoms with van der Waals surface area (Å²) in [5.74, 6) is 0.799. The van der Waals surface area contributed by atoms with Crippen molar-refractivity contribution in [3.8, 4) is 17.2 Å². The highest BCUT2D eigenvalue weighted by atomic mass is 35.5. The molecule has 0 heterocycles. The number of hydrazone groups is 1. The third-order valence-corrected chi connectivity index (χ3v) is 4.71. The van der Waals surface area contributed by atoms with Crippen LogP contribution in [0.15, 0.2) is 71.8 Å². The molecule has 0 radical (unpaired) electrons. The number of anilines is 1. The Morgan fingerprint density at radius 3 is 2.53 bits per heavy atom. The molecule has 9 heteroatoms. The standard InChI is InChI=1S/C25H24ClN3O5/c1-3-33-22-12-7-18(14-23(22)32-2)25(31)29-27-15-17-5-4-6-21(13-17)34-16-24(30)28-20-10-8-19(26)9-11-20/h4-15H,3,16H2,1-2H3,(H,28,30)(H,29,31)/b27-15+. The van der Waals surface area contributed by atoms with E-state index in [1.54, 1.807) is 66.7 Å².